The molecule has 256 valence electrons. The molecule has 0 heteroatoms. The fourth-order valence-corrected chi connectivity index (χ4v) is 10.2. The van der Waals surface area contributed by atoms with Crippen LogP contribution in [0.2, 0.25) is 0 Å². The average Bonchev–Trinajstić information content (AvgIpc) is 3.47. The molecule has 0 nitrogen and oxygen atoms in total. The van der Waals surface area contributed by atoms with Gasteiger partial charge in [-0.05, 0) is 132 Å². The third-order valence-electron chi connectivity index (χ3n) is 12.8. The molecular weight excluding hydrogens is 661 g/mol. The molecule has 12 rings (SSSR count). The second-order valence-electron chi connectivity index (χ2n) is 16.0. The van der Waals surface area contributed by atoms with E-state index in [2.05, 4.69) is 196 Å². The highest BCUT2D eigenvalue weighted by Gasteiger charge is 2.37. The van der Waals surface area contributed by atoms with Crippen LogP contribution in [0.25, 0.3) is 109 Å². The lowest BCUT2D eigenvalue weighted by Crippen LogP contribution is -2.14. The molecule has 0 amide bonds. The molecule has 0 N–H and O–H groups in total. The van der Waals surface area contributed by atoms with Crippen molar-refractivity contribution >= 4 is 64.6 Å². The summed E-state index contributed by atoms with van der Waals surface area (Å²) in [7, 11) is 0. The Morgan fingerprint density at radius 1 is 0.291 bits per heavy atom. The van der Waals surface area contributed by atoms with Gasteiger partial charge in [0, 0.05) is 5.41 Å². The second-order valence-corrected chi connectivity index (χ2v) is 16.0. The molecule has 0 bridgehead atoms. The van der Waals surface area contributed by atoms with Gasteiger partial charge in [-0.1, -0.05) is 184 Å². The summed E-state index contributed by atoms with van der Waals surface area (Å²) < 4.78 is 0. The van der Waals surface area contributed by atoms with E-state index >= 15 is 0 Å². The Bertz CT molecular complexity index is 3380. The molecule has 1 aliphatic carbocycles. The summed E-state index contributed by atoms with van der Waals surface area (Å²) >= 11 is 0. The smallest absolute Gasteiger partial charge is 0.0159 e. The molecule has 0 saturated carbocycles. The SMILES string of the molecule is CC1(C)c2ccccc2-c2c(-c3c4ccccc4c(-c4ccc5ccc6cccc7ccc4c5c67)c4ccc(-c5ccc6ccccc6c5)cc34)cccc21. The highest BCUT2D eigenvalue weighted by atomic mass is 14.4. The summed E-state index contributed by atoms with van der Waals surface area (Å²) in [6, 6.07) is 68.6. The first-order chi connectivity index (χ1) is 27.0. The Morgan fingerprint density at radius 3 is 1.65 bits per heavy atom. The molecule has 1 aliphatic rings. The van der Waals surface area contributed by atoms with Crippen molar-refractivity contribution in [1.29, 1.82) is 0 Å². The van der Waals surface area contributed by atoms with Crippen LogP contribution in [-0.4, -0.2) is 0 Å². The molecule has 0 aromatic heterocycles. The van der Waals surface area contributed by atoms with Gasteiger partial charge in [0.25, 0.3) is 0 Å². The molecule has 0 unspecified atom stereocenters. The van der Waals surface area contributed by atoms with Crippen molar-refractivity contribution in [2.24, 2.45) is 0 Å². The molecule has 0 fully saturated rings. The minimum atomic E-state index is -0.0918. The first kappa shape index (κ1) is 30.7. The van der Waals surface area contributed by atoms with Gasteiger partial charge in [0.15, 0.2) is 0 Å². The molecule has 0 saturated heterocycles. The van der Waals surface area contributed by atoms with E-state index in [0.29, 0.717) is 0 Å². The summed E-state index contributed by atoms with van der Waals surface area (Å²) in [5.41, 5.74) is 13.0. The van der Waals surface area contributed by atoms with Crippen molar-refractivity contribution < 1.29 is 0 Å². The van der Waals surface area contributed by atoms with E-state index in [-0.39, 0.29) is 5.41 Å². The third-order valence-corrected chi connectivity index (χ3v) is 12.8. The Morgan fingerprint density at radius 2 is 0.818 bits per heavy atom. The average molecular weight is 697 g/mol. The second kappa shape index (κ2) is 11.1. The van der Waals surface area contributed by atoms with Crippen molar-refractivity contribution in [3.8, 4) is 44.5 Å². The number of hydrogen-bond acceptors (Lipinski definition) is 0. The van der Waals surface area contributed by atoms with Crippen LogP contribution in [-0.2, 0) is 5.41 Å². The number of fused-ring (bicyclic) bond motifs is 6. The maximum Gasteiger partial charge on any atom is 0.0159 e. The molecule has 0 atom stereocenters. The minimum absolute atomic E-state index is 0.0918. The quantitative estimate of drug-likeness (QED) is 0.127. The van der Waals surface area contributed by atoms with Gasteiger partial charge in [-0.25, -0.2) is 0 Å². The van der Waals surface area contributed by atoms with Gasteiger partial charge in [-0.15, -0.1) is 0 Å². The topological polar surface area (TPSA) is 0 Å². The van der Waals surface area contributed by atoms with E-state index in [1.807, 2.05) is 0 Å². The van der Waals surface area contributed by atoms with E-state index in [9.17, 15) is 0 Å². The highest BCUT2D eigenvalue weighted by Crippen LogP contribution is 2.55. The van der Waals surface area contributed by atoms with Gasteiger partial charge in [0.05, 0.1) is 0 Å². The summed E-state index contributed by atoms with van der Waals surface area (Å²) in [5, 5.41) is 15.5. The molecule has 0 radical (unpaired) electrons. The first-order valence-corrected chi connectivity index (χ1v) is 19.4. The monoisotopic (exact) mass is 696 g/mol. The number of benzene rings is 11. The van der Waals surface area contributed by atoms with Crippen LogP contribution in [0, 0.1) is 0 Å². The molecule has 0 aliphatic heterocycles. The lowest BCUT2D eigenvalue weighted by molar-refractivity contribution is 0.660. The van der Waals surface area contributed by atoms with E-state index in [1.165, 1.54) is 120 Å². The zero-order valence-corrected chi connectivity index (χ0v) is 30.8. The van der Waals surface area contributed by atoms with Crippen molar-refractivity contribution in [1.82, 2.24) is 0 Å². The van der Waals surface area contributed by atoms with E-state index < -0.39 is 0 Å². The molecule has 0 spiro atoms. The summed E-state index contributed by atoms with van der Waals surface area (Å²) in [6.07, 6.45) is 0. The van der Waals surface area contributed by atoms with E-state index in [1.54, 1.807) is 0 Å². The highest BCUT2D eigenvalue weighted by molar-refractivity contribution is 6.30. The number of hydrogen-bond donors (Lipinski definition) is 0. The van der Waals surface area contributed by atoms with E-state index in [4.69, 9.17) is 0 Å². The molecule has 55 heavy (non-hydrogen) atoms. The van der Waals surface area contributed by atoms with Crippen LogP contribution in [0.1, 0.15) is 25.0 Å². The molecular formula is C55H36. The predicted octanol–water partition coefficient (Wildman–Crippen LogP) is 15.4. The zero-order valence-electron chi connectivity index (χ0n) is 30.8. The fourth-order valence-electron chi connectivity index (χ4n) is 10.2. The van der Waals surface area contributed by atoms with Gasteiger partial charge >= 0.3 is 0 Å². The lowest BCUT2D eigenvalue weighted by Gasteiger charge is -2.23. The van der Waals surface area contributed by atoms with Crippen LogP contribution in [0.3, 0.4) is 0 Å². The molecule has 11 aromatic carbocycles. The van der Waals surface area contributed by atoms with Crippen molar-refractivity contribution in [2.75, 3.05) is 0 Å². The standard InChI is InChI=1S/C55H36/c1-55(2)48-19-8-7-17-45(48)54-46(18-10-20-49(54)55)53-41-16-6-5-15-40(41)52(43-29-26-36-23-22-34-13-9-14-35-25-28-42(43)51(36)50(34)35)44-30-27-39(32-47(44)53)38-24-21-33-11-3-4-12-37(33)31-38/h3-32H,1-2H3. The van der Waals surface area contributed by atoms with Crippen LogP contribution < -0.4 is 0 Å². The van der Waals surface area contributed by atoms with Crippen molar-refractivity contribution in [3.63, 3.8) is 0 Å². The van der Waals surface area contributed by atoms with Gasteiger partial charge in [0.1, 0.15) is 0 Å². The predicted molar refractivity (Wildman–Crippen MR) is 237 cm³/mol. The maximum atomic E-state index is 2.48. The Balaban J connectivity index is 1.24. The Kier molecular flexibility index (Phi) is 6.21. The van der Waals surface area contributed by atoms with Crippen molar-refractivity contribution in [2.45, 2.75) is 19.3 Å². The van der Waals surface area contributed by atoms with E-state index in [0.717, 1.165) is 0 Å². The minimum Gasteiger partial charge on any atom is -0.0619 e. The summed E-state index contributed by atoms with van der Waals surface area (Å²) in [5.74, 6) is 0. The van der Waals surface area contributed by atoms with Crippen LogP contribution in [0.5, 0.6) is 0 Å². The lowest BCUT2D eigenvalue weighted by atomic mass is 9.80. The molecule has 0 heterocycles. The summed E-state index contributed by atoms with van der Waals surface area (Å²) in [4.78, 5) is 0. The van der Waals surface area contributed by atoms with Crippen LogP contribution in [0.4, 0.5) is 0 Å². The first-order valence-electron chi connectivity index (χ1n) is 19.4. The summed E-state index contributed by atoms with van der Waals surface area (Å²) in [6.45, 7) is 4.76. The normalized spacial score (nSPS) is 13.4. The third kappa shape index (κ3) is 4.23. The zero-order chi connectivity index (χ0) is 36.4. The Hall–Kier alpha value is -6.76. The van der Waals surface area contributed by atoms with Gasteiger partial charge in [0.2, 0.25) is 0 Å². The van der Waals surface area contributed by atoms with Crippen LogP contribution >= 0.6 is 0 Å². The fraction of sp³-hybridized carbons (Fsp3) is 0.0545. The van der Waals surface area contributed by atoms with Gasteiger partial charge < -0.3 is 0 Å². The molecule has 11 aromatic rings. The van der Waals surface area contributed by atoms with Crippen molar-refractivity contribution in [3.05, 3.63) is 193 Å². The maximum absolute atomic E-state index is 2.48. The van der Waals surface area contributed by atoms with Gasteiger partial charge in [-0.2, -0.15) is 0 Å². The number of rotatable bonds is 3. The largest absolute Gasteiger partial charge is 0.0619 e. The van der Waals surface area contributed by atoms with Gasteiger partial charge in [-0.3, -0.25) is 0 Å². The van der Waals surface area contributed by atoms with Crippen LogP contribution in [0.15, 0.2) is 182 Å². The Labute approximate surface area is 320 Å².